The van der Waals surface area contributed by atoms with Crippen molar-refractivity contribution in [3.63, 3.8) is 0 Å². The molecule has 0 amide bonds. The zero-order valence-electron chi connectivity index (χ0n) is 12.1. The zero-order chi connectivity index (χ0) is 15.2. The van der Waals surface area contributed by atoms with E-state index in [9.17, 15) is 9.90 Å². The molecule has 1 heterocycles. The molecule has 0 saturated heterocycles. The predicted molar refractivity (Wildman–Crippen MR) is 78.5 cm³/mol. The highest BCUT2D eigenvalue weighted by Gasteiger charge is 2.24. The summed E-state index contributed by atoms with van der Waals surface area (Å²) in [6.07, 6.45) is 0.352. The Hall–Kier alpha value is -2.43. The summed E-state index contributed by atoms with van der Waals surface area (Å²) in [7, 11) is 0. The smallest absolute Gasteiger partial charge is 0.314 e. The van der Waals surface area contributed by atoms with E-state index in [1.165, 1.54) is 0 Å². The van der Waals surface area contributed by atoms with Gasteiger partial charge < -0.3 is 9.84 Å². The molecular weight excluding hydrogens is 268 g/mol. The molecule has 1 aromatic carbocycles. The van der Waals surface area contributed by atoms with E-state index < -0.39 is 11.9 Å². The van der Waals surface area contributed by atoms with E-state index in [1.807, 2.05) is 37.3 Å². The highest BCUT2D eigenvalue weighted by Crippen LogP contribution is 2.21. The number of hydrogen-bond donors (Lipinski definition) is 1. The van der Waals surface area contributed by atoms with Crippen molar-refractivity contribution in [2.24, 2.45) is 0 Å². The topological polar surface area (TPSA) is 72.3 Å². The van der Waals surface area contributed by atoms with Crippen LogP contribution in [0.4, 0.5) is 0 Å². The van der Waals surface area contributed by atoms with E-state index in [0.29, 0.717) is 24.6 Å². The number of carboxylic acids is 1. The lowest BCUT2D eigenvalue weighted by molar-refractivity contribution is -0.139. The van der Waals surface area contributed by atoms with E-state index in [1.54, 1.807) is 13.0 Å². The lowest BCUT2D eigenvalue weighted by Gasteiger charge is -2.13. The van der Waals surface area contributed by atoms with Crippen LogP contribution in [0.15, 0.2) is 36.4 Å². The number of benzene rings is 1. The van der Waals surface area contributed by atoms with Gasteiger partial charge in [0, 0.05) is 11.8 Å². The molecule has 0 aliphatic rings. The van der Waals surface area contributed by atoms with Gasteiger partial charge in [-0.25, -0.2) is 4.98 Å². The van der Waals surface area contributed by atoms with Crippen LogP contribution in [-0.4, -0.2) is 27.7 Å². The fraction of sp³-hybridized carbons (Fsp3) is 0.312. The van der Waals surface area contributed by atoms with Gasteiger partial charge >= 0.3 is 5.97 Å². The molecule has 2 rings (SSSR count). The number of carboxylic acid groups (broad SMARTS) is 1. The second-order valence-corrected chi connectivity index (χ2v) is 4.72. The number of rotatable bonds is 6. The van der Waals surface area contributed by atoms with Crippen LogP contribution in [0.2, 0.25) is 0 Å². The second kappa shape index (κ2) is 6.83. The summed E-state index contributed by atoms with van der Waals surface area (Å²) in [6, 6.07) is 11.2. The van der Waals surface area contributed by atoms with E-state index in [2.05, 4.69) is 9.97 Å². The number of ether oxygens (including phenoxy) is 1. The summed E-state index contributed by atoms with van der Waals surface area (Å²) in [5.74, 6) is -1.02. The third-order valence-corrected chi connectivity index (χ3v) is 3.03. The minimum atomic E-state index is -0.938. The molecule has 5 heteroatoms. The molecular formula is C16H18N2O3. The third-order valence-electron chi connectivity index (χ3n) is 3.03. The molecule has 2 aromatic rings. The Labute approximate surface area is 123 Å². The predicted octanol–water partition coefficient (Wildman–Crippen LogP) is 2.59. The summed E-state index contributed by atoms with van der Waals surface area (Å²) >= 11 is 0. The van der Waals surface area contributed by atoms with Crippen LogP contribution < -0.4 is 4.74 Å². The first-order valence-electron chi connectivity index (χ1n) is 6.85. The van der Waals surface area contributed by atoms with Crippen molar-refractivity contribution in [1.29, 1.82) is 0 Å². The molecule has 0 aliphatic carbocycles. The van der Waals surface area contributed by atoms with Crippen molar-refractivity contribution in [1.82, 2.24) is 9.97 Å². The van der Waals surface area contributed by atoms with Crippen molar-refractivity contribution < 1.29 is 14.6 Å². The number of aromatic nitrogens is 2. The molecule has 0 bridgehead atoms. The van der Waals surface area contributed by atoms with Gasteiger partial charge in [-0.3, -0.25) is 4.79 Å². The van der Waals surface area contributed by atoms with Crippen LogP contribution in [0.3, 0.4) is 0 Å². The van der Waals surface area contributed by atoms with Crippen molar-refractivity contribution in [3.8, 4) is 5.88 Å². The fourth-order valence-electron chi connectivity index (χ4n) is 2.08. The quantitative estimate of drug-likeness (QED) is 0.883. The summed E-state index contributed by atoms with van der Waals surface area (Å²) < 4.78 is 5.36. The Balaban J connectivity index is 2.32. The maximum absolute atomic E-state index is 11.6. The second-order valence-electron chi connectivity index (χ2n) is 4.72. The molecule has 0 fully saturated rings. The first-order valence-corrected chi connectivity index (χ1v) is 6.85. The molecule has 0 spiro atoms. The molecule has 0 aliphatic heterocycles. The van der Waals surface area contributed by atoms with Gasteiger partial charge in [0.15, 0.2) is 0 Å². The number of nitrogens with zero attached hydrogens (tertiary/aromatic N) is 2. The average Bonchev–Trinajstić information content (AvgIpc) is 2.45. The van der Waals surface area contributed by atoms with E-state index in [0.717, 1.165) is 5.56 Å². The lowest BCUT2D eigenvalue weighted by atomic mass is 9.98. The molecule has 1 aromatic heterocycles. The summed E-state index contributed by atoms with van der Waals surface area (Å²) in [5, 5.41) is 9.48. The van der Waals surface area contributed by atoms with Crippen molar-refractivity contribution in [3.05, 3.63) is 53.5 Å². The molecule has 1 N–H and O–H groups in total. The Morgan fingerprint density at radius 1 is 1.29 bits per heavy atom. The van der Waals surface area contributed by atoms with Gasteiger partial charge in [-0.15, -0.1) is 0 Å². The SMILES string of the molecule is CCOc1cc(C)nc(C(Cc2ccccc2)C(=O)O)n1. The zero-order valence-corrected chi connectivity index (χ0v) is 12.1. The van der Waals surface area contributed by atoms with Crippen molar-refractivity contribution in [2.45, 2.75) is 26.2 Å². The van der Waals surface area contributed by atoms with Crippen LogP contribution in [-0.2, 0) is 11.2 Å². The fourth-order valence-corrected chi connectivity index (χ4v) is 2.08. The first kappa shape index (κ1) is 15.0. The van der Waals surface area contributed by atoms with Gasteiger partial charge in [-0.05, 0) is 25.8 Å². The Morgan fingerprint density at radius 2 is 2.00 bits per heavy atom. The number of carbonyl (C=O) groups is 1. The van der Waals surface area contributed by atoms with Crippen LogP contribution in [0, 0.1) is 6.92 Å². The van der Waals surface area contributed by atoms with Crippen molar-refractivity contribution >= 4 is 5.97 Å². The lowest BCUT2D eigenvalue weighted by Crippen LogP contribution is -2.18. The van der Waals surface area contributed by atoms with Gasteiger partial charge in [0.2, 0.25) is 5.88 Å². The van der Waals surface area contributed by atoms with E-state index in [4.69, 9.17) is 4.74 Å². The molecule has 0 radical (unpaired) electrons. The largest absolute Gasteiger partial charge is 0.481 e. The van der Waals surface area contributed by atoms with Crippen LogP contribution >= 0.6 is 0 Å². The molecule has 0 saturated carbocycles. The maximum atomic E-state index is 11.6. The Morgan fingerprint density at radius 3 is 2.62 bits per heavy atom. The molecule has 21 heavy (non-hydrogen) atoms. The van der Waals surface area contributed by atoms with Gasteiger partial charge in [0.1, 0.15) is 11.7 Å². The minimum absolute atomic E-state index is 0.287. The normalized spacial score (nSPS) is 11.9. The van der Waals surface area contributed by atoms with Gasteiger partial charge in [0.05, 0.1) is 6.61 Å². The molecule has 1 atom stereocenters. The Kier molecular flexibility index (Phi) is 4.87. The number of aliphatic carboxylic acids is 1. The molecule has 110 valence electrons. The summed E-state index contributed by atoms with van der Waals surface area (Å²) in [6.45, 7) is 4.14. The average molecular weight is 286 g/mol. The van der Waals surface area contributed by atoms with Crippen LogP contribution in [0.5, 0.6) is 5.88 Å². The summed E-state index contributed by atoms with van der Waals surface area (Å²) in [5.41, 5.74) is 1.63. The monoisotopic (exact) mass is 286 g/mol. The highest BCUT2D eigenvalue weighted by atomic mass is 16.5. The van der Waals surface area contributed by atoms with E-state index >= 15 is 0 Å². The highest BCUT2D eigenvalue weighted by molar-refractivity contribution is 5.75. The first-order chi connectivity index (χ1) is 10.1. The van der Waals surface area contributed by atoms with Gasteiger partial charge in [0.25, 0.3) is 0 Å². The van der Waals surface area contributed by atoms with Crippen LogP contribution in [0.1, 0.15) is 29.9 Å². The molecule has 1 unspecified atom stereocenters. The van der Waals surface area contributed by atoms with Crippen molar-refractivity contribution in [2.75, 3.05) is 6.61 Å². The minimum Gasteiger partial charge on any atom is -0.481 e. The maximum Gasteiger partial charge on any atom is 0.314 e. The summed E-state index contributed by atoms with van der Waals surface area (Å²) in [4.78, 5) is 20.1. The van der Waals surface area contributed by atoms with E-state index in [-0.39, 0.29) is 5.82 Å². The van der Waals surface area contributed by atoms with Gasteiger partial charge in [-0.2, -0.15) is 4.98 Å². The standard InChI is InChI=1S/C16H18N2O3/c1-3-21-14-9-11(2)17-15(18-14)13(16(19)20)10-12-7-5-4-6-8-12/h4-9,13H,3,10H2,1-2H3,(H,19,20). The van der Waals surface area contributed by atoms with Gasteiger partial charge in [-0.1, -0.05) is 30.3 Å². The Bertz CT molecular complexity index is 614. The number of hydrogen-bond acceptors (Lipinski definition) is 4. The number of aryl methyl sites for hydroxylation is 1. The molecule has 5 nitrogen and oxygen atoms in total. The van der Waals surface area contributed by atoms with Crippen LogP contribution in [0.25, 0.3) is 0 Å². The third kappa shape index (κ3) is 4.02.